The van der Waals surface area contributed by atoms with Crippen LogP contribution in [-0.2, 0) is 28.5 Å². The Morgan fingerprint density at radius 2 is 1.57 bits per heavy atom. The van der Waals surface area contributed by atoms with Crippen molar-refractivity contribution in [2.75, 3.05) is 46.2 Å². The summed E-state index contributed by atoms with van der Waals surface area (Å²) in [6, 6.07) is 0. The van der Waals surface area contributed by atoms with Gasteiger partial charge < -0.3 is 23.7 Å². The average molecular weight is 395 g/mol. The van der Waals surface area contributed by atoms with E-state index >= 15 is 0 Å². The van der Waals surface area contributed by atoms with Crippen molar-refractivity contribution in [3.8, 4) is 0 Å². The van der Waals surface area contributed by atoms with E-state index in [1.807, 2.05) is 0 Å². The van der Waals surface area contributed by atoms with E-state index in [2.05, 4.69) is 22.9 Å². The third-order valence-corrected chi connectivity index (χ3v) is 4.30. The molecule has 0 aliphatic carbocycles. The molecule has 0 N–H and O–H groups in total. The summed E-state index contributed by atoms with van der Waals surface area (Å²) in [5, 5.41) is 0. The van der Waals surface area contributed by atoms with Gasteiger partial charge >= 0.3 is 5.97 Å². The number of hydrogen-bond acceptors (Lipinski definition) is 6. The lowest BCUT2D eigenvalue weighted by Gasteiger charge is -2.32. The topological polar surface area (TPSA) is 69.8 Å². The van der Waals surface area contributed by atoms with E-state index in [1.165, 1.54) is 0 Å². The highest BCUT2D eigenvalue weighted by molar-refractivity contribution is 9.10. The van der Waals surface area contributed by atoms with Crippen LogP contribution in [0.4, 0.5) is 0 Å². The van der Waals surface area contributed by atoms with Gasteiger partial charge in [0, 0.05) is 0 Å². The predicted molar refractivity (Wildman–Crippen MR) is 87.8 cm³/mol. The zero-order chi connectivity index (χ0) is 16.9. The number of hydrogen-bond donors (Lipinski definition) is 0. The number of halogens is 1. The monoisotopic (exact) mass is 394 g/mol. The normalized spacial score (nSPS) is 25.7. The molecule has 0 saturated carbocycles. The lowest BCUT2D eigenvalue weighted by atomic mass is 9.88. The summed E-state index contributed by atoms with van der Waals surface area (Å²) in [6.45, 7) is 9.50. The minimum Gasteiger partial charge on any atom is -0.464 e. The largest absolute Gasteiger partial charge is 0.464 e. The Hall–Kier alpha value is -0.210. The number of carbonyl (C=O) groups excluding carboxylic acids is 1. The Morgan fingerprint density at radius 1 is 1.09 bits per heavy atom. The molecule has 2 saturated heterocycles. The first kappa shape index (κ1) is 19.1. The lowest BCUT2D eigenvalue weighted by molar-refractivity contribution is -0.153. The van der Waals surface area contributed by atoms with Crippen molar-refractivity contribution in [2.45, 2.75) is 43.7 Å². The van der Waals surface area contributed by atoms with Crippen LogP contribution in [0.25, 0.3) is 0 Å². The molecule has 2 unspecified atom stereocenters. The molecule has 7 heteroatoms. The fraction of sp³-hybridized carbons (Fsp3) is 0.938. The van der Waals surface area contributed by atoms with Crippen LogP contribution in [0.5, 0.6) is 0 Å². The van der Waals surface area contributed by atoms with Gasteiger partial charge in [-0.1, -0.05) is 22.9 Å². The number of rotatable bonds is 12. The van der Waals surface area contributed by atoms with Crippen LogP contribution in [0.1, 0.15) is 27.2 Å². The number of esters is 1. The summed E-state index contributed by atoms with van der Waals surface area (Å²) < 4.78 is 26.6. The molecule has 134 valence electrons. The minimum absolute atomic E-state index is 0.217. The molecule has 6 nitrogen and oxygen atoms in total. The maximum atomic E-state index is 12.0. The molecule has 2 atom stereocenters. The molecule has 2 aliphatic rings. The van der Waals surface area contributed by atoms with Gasteiger partial charge in [0.1, 0.15) is 23.1 Å². The second-order valence-corrected chi connectivity index (χ2v) is 8.83. The van der Waals surface area contributed by atoms with Crippen LogP contribution in [0.2, 0.25) is 0 Å². The van der Waals surface area contributed by atoms with Crippen molar-refractivity contribution in [3.05, 3.63) is 0 Å². The first-order valence-corrected chi connectivity index (χ1v) is 8.89. The van der Waals surface area contributed by atoms with E-state index in [0.717, 1.165) is 19.6 Å². The van der Waals surface area contributed by atoms with Crippen LogP contribution in [0.3, 0.4) is 0 Å². The number of carbonyl (C=O) groups is 1. The maximum absolute atomic E-state index is 12.0. The van der Waals surface area contributed by atoms with Gasteiger partial charge in [-0.05, 0) is 20.3 Å². The van der Waals surface area contributed by atoms with Crippen molar-refractivity contribution in [2.24, 2.45) is 5.41 Å². The van der Waals surface area contributed by atoms with E-state index in [9.17, 15) is 4.79 Å². The quantitative estimate of drug-likeness (QED) is 0.286. The molecule has 2 aliphatic heterocycles. The molecule has 0 amide bonds. The second-order valence-electron chi connectivity index (χ2n) is 6.84. The molecule has 0 radical (unpaired) electrons. The lowest BCUT2D eigenvalue weighted by Crippen LogP contribution is -2.40. The number of alkyl halides is 1. The summed E-state index contributed by atoms with van der Waals surface area (Å²) in [5.74, 6) is -0.286. The summed E-state index contributed by atoms with van der Waals surface area (Å²) in [5.41, 5.74) is -0.350. The molecule has 0 aromatic carbocycles. The molecule has 0 aromatic heterocycles. The predicted octanol–water partition coefficient (Wildman–Crippen LogP) is 1.93. The van der Waals surface area contributed by atoms with Gasteiger partial charge in [0.2, 0.25) is 0 Å². The van der Waals surface area contributed by atoms with E-state index in [4.69, 9.17) is 23.7 Å². The molecule has 0 aromatic rings. The van der Waals surface area contributed by atoms with Crippen molar-refractivity contribution in [1.29, 1.82) is 0 Å². The number of epoxide rings is 2. The van der Waals surface area contributed by atoms with Crippen LogP contribution < -0.4 is 0 Å². The zero-order valence-electron chi connectivity index (χ0n) is 14.1. The van der Waals surface area contributed by atoms with Gasteiger partial charge in [0.15, 0.2) is 0 Å². The first-order chi connectivity index (χ1) is 10.8. The van der Waals surface area contributed by atoms with E-state index in [1.54, 1.807) is 13.8 Å². The van der Waals surface area contributed by atoms with Crippen molar-refractivity contribution in [3.63, 3.8) is 0 Å². The smallest absolute Gasteiger partial charge is 0.322 e. The number of ether oxygens (including phenoxy) is 5. The van der Waals surface area contributed by atoms with E-state index in [-0.39, 0.29) is 30.2 Å². The molecule has 0 spiro atoms. The van der Waals surface area contributed by atoms with Crippen molar-refractivity contribution < 1.29 is 28.5 Å². The summed E-state index contributed by atoms with van der Waals surface area (Å²) in [4.78, 5) is 12.0. The Kier molecular flexibility index (Phi) is 6.86. The van der Waals surface area contributed by atoms with Crippen molar-refractivity contribution in [1.82, 2.24) is 0 Å². The highest BCUT2D eigenvalue weighted by atomic mass is 79.9. The Bertz CT molecular complexity index is 369. The van der Waals surface area contributed by atoms with Gasteiger partial charge in [0.05, 0.1) is 45.1 Å². The summed E-state index contributed by atoms with van der Waals surface area (Å²) in [7, 11) is 0. The van der Waals surface area contributed by atoms with Gasteiger partial charge in [-0.3, -0.25) is 4.79 Å². The highest BCUT2D eigenvalue weighted by Gasteiger charge is 2.35. The first-order valence-electron chi connectivity index (χ1n) is 8.09. The van der Waals surface area contributed by atoms with Crippen LogP contribution in [0.15, 0.2) is 0 Å². The fourth-order valence-corrected chi connectivity index (χ4v) is 2.08. The van der Waals surface area contributed by atoms with E-state index < -0.39 is 4.32 Å². The average Bonchev–Trinajstić information content (AvgIpc) is 3.37. The second kappa shape index (κ2) is 8.25. The van der Waals surface area contributed by atoms with Crippen LogP contribution in [0, 0.1) is 5.41 Å². The zero-order valence-corrected chi connectivity index (χ0v) is 15.7. The van der Waals surface area contributed by atoms with Gasteiger partial charge in [0.25, 0.3) is 0 Å². The minimum atomic E-state index is -0.697. The van der Waals surface area contributed by atoms with Gasteiger partial charge in [-0.15, -0.1) is 0 Å². The van der Waals surface area contributed by atoms with E-state index in [0.29, 0.717) is 26.4 Å². The fourth-order valence-electron chi connectivity index (χ4n) is 1.96. The molecule has 0 bridgehead atoms. The van der Waals surface area contributed by atoms with Gasteiger partial charge in [-0.25, -0.2) is 0 Å². The third-order valence-electron chi connectivity index (χ3n) is 3.97. The van der Waals surface area contributed by atoms with Crippen molar-refractivity contribution >= 4 is 21.9 Å². The standard InChI is InChI=1S/C16H27BrO6/c1-4-16(9-19-5-12-7-21-12,10-20-6-13-8-22-13)11-23-14(18)15(2,3)17/h12-13H,4-11H2,1-3H3. The molecule has 23 heavy (non-hydrogen) atoms. The third kappa shape index (κ3) is 7.05. The maximum Gasteiger partial charge on any atom is 0.322 e. The highest BCUT2D eigenvalue weighted by Crippen LogP contribution is 2.27. The molecular weight excluding hydrogens is 368 g/mol. The summed E-state index contributed by atoms with van der Waals surface area (Å²) in [6.07, 6.45) is 1.23. The Labute approximate surface area is 146 Å². The Morgan fingerprint density at radius 3 is 1.91 bits per heavy atom. The SMILES string of the molecule is CCC(COCC1CO1)(COCC1CO1)COC(=O)C(C)(C)Br. The molecule has 2 heterocycles. The van der Waals surface area contributed by atoms with Gasteiger partial charge in [-0.2, -0.15) is 0 Å². The molecule has 2 fully saturated rings. The van der Waals surface area contributed by atoms with Crippen LogP contribution >= 0.6 is 15.9 Å². The molecule has 2 rings (SSSR count). The molecular formula is C16H27BrO6. The van der Waals surface area contributed by atoms with Crippen LogP contribution in [-0.4, -0.2) is 68.7 Å². The summed E-state index contributed by atoms with van der Waals surface area (Å²) >= 11 is 3.32. The Balaban J connectivity index is 1.84.